The van der Waals surface area contributed by atoms with Crippen LogP contribution in [0.3, 0.4) is 0 Å². The summed E-state index contributed by atoms with van der Waals surface area (Å²) >= 11 is 0. The van der Waals surface area contributed by atoms with Gasteiger partial charge < -0.3 is 30.0 Å². The van der Waals surface area contributed by atoms with Crippen LogP contribution in [0.25, 0.3) is 0 Å². The van der Waals surface area contributed by atoms with E-state index in [9.17, 15) is 14.7 Å². The quantitative estimate of drug-likeness (QED) is 0.0884. The van der Waals surface area contributed by atoms with E-state index in [-0.39, 0.29) is 18.2 Å². The molecule has 0 fully saturated rings. The molecule has 59 heavy (non-hydrogen) atoms. The summed E-state index contributed by atoms with van der Waals surface area (Å²) in [7, 11) is 3.31. The summed E-state index contributed by atoms with van der Waals surface area (Å²) in [6.07, 6.45) is 1.19. The number of ketones is 2. The fraction of sp³-hybridized carbons (Fsp3) is 0.137. The first-order valence-corrected chi connectivity index (χ1v) is 19.6. The Balaban J connectivity index is 1.03. The number of hydrogen-bond acceptors (Lipinski definition) is 8. The summed E-state index contributed by atoms with van der Waals surface area (Å²) in [5.74, 6) is 1.08. The van der Waals surface area contributed by atoms with Crippen LogP contribution < -0.4 is 20.1 Å². The maximum atomic E-state index is 14.4. The zero-order valence-corrected chi connectivity index (χ0v) is 32.9. The van der Waals surface area contributed by atoms with Crippen LogP contribution in [0.5, 0.6) is 11.5 Å². The number of ether oxygens (including phenoxy) is 3. The summed E-state index contributed by atoms with van der Waals surface area (Å²) in [5, 5.41) is 16.1. The molecule has 7 aromatic carbocycles. The largest absolute Gasteiger partial charge is 0.497 e. The lowest BCUT2D eigenvalue weighted by Gasteiger charge is -2.36. The van der Waals surface area contributed by atoms with Gasteiger partial charge in [0.15, 0.2) is 11.6 Å². The van der Waals surface area contributed by atoms with Crippen molar-refractivity contribution in [2.24, 2.45) is 0 Å². The van der Waals surface area contributed by atoms with E-state index in [0.29, 0.717) is 53.1 Å². The van der Waals surface area contributed by atoms with Crippen LogP contribution in [0.2, 0.25) is 0 Å². The summed E-state index contributed by atoms with van der Waals surface area (Å²) in [6.45, 7) is 0.476. The van der Waals surface area contributed by atoms with Crippen molar-refractivity contribution < 1.29 is 28.9 Å². The van der Waals surface area contributed by atoms with Crippen LogP contribution >= 0.6 is 0 Å². The third-order valence-electron chi connectivity index (χ3n) is 10.8. The molecule has 294 valence electrons. The third kappa shape index (κ3) is 7.84. The number of methoxy groups -OCH3 is 2. The fourth-order valence-electron chi connectivity index (χ4n) is 7.80. The van der Waals surface area contributed by atoms with E-state index in [4.69, 9.17) is 14.2 Å². The van der Waals surface area contributed by atoms with Gasteiger partial charge in [0.05, 0.1) is 43.3 Å². The topological polar surface area (TPSA) is 106 Å². The smallest absolute Gasteiger partial charge is 0.198 e. The average Bonchev–Trinajstić information content (AvgIpc) is 3.29. The summed E-state index contributed by atoms with van der Waals surface area (Å²) in [6, 6.07) is 52.6. The van der Waals surface area contributed by atoms with Gasteiger partial charge in [0.1, 0.15) is 17.1 Å². The van der Waals surface area contributed by atoms with Crippen LogP contribution in [-0.4, -0.2) is 44.1 Å². The highest BCUT2D eigenvalue weighted by atomic mass is 16.5. The lowest BCUT2D eigenvalue weighted by atomic mass is 9.80. The molecule has 0 saturated heterocycles. The predicted molar refractivity (Wildman–Crippen MR) is 232 cm³/mol. The molecule has 7 aromatic rings. The Labute approximate surface area is 344 Å². The number of anilines is 4. The second-order valence-corrected chi connectivity index (χ2v) is 14.3. The Morgan fingerprint density at radius 3 is 1.41 bits per heavy atom. The van der Waals surface area contributed by atoms with Crippen LogP contribution in [0.15, 0.2) is 164 Å². The molecule has 0 heterocycles. The standard InChI is InChI=1S/C51H44N2O6/c1-57-41-26-18-37(19-27-41)51(36-8-4-3-5-9-36,38-20-28-42(58-2)29-21-38)59-33-31-35-16-24-40(25-17-35)53-46-13-7-11-44-48(46)50(56)47-43(49(44)55)10-6-12-45(47)52-39-22-14-34(15-23-39)30-32-54/h3-29,52-54H,30-33H2,1-2H3. The summed E-state index contributed by atoms with van der Waals surface area (Å²) < 4.78 is 18.0. The van der Waals surface area contributed by atoms with Gasteiger partial charge in [-0.1, -0.05) is 103 Å². The Bertz CT molecular complexity index is 2520. The highest BCUT2D eigenvalue weighted by molar-refractivity contribution is 6.32. The maximum absolute atomic E-state index is 14.4. The number of aliphatic hydroxyl groups is 1. The zero-order valence-electron chi connectivity index (χ0n) is 32.9. The molecule has 1 aliphatic rings. The van der Waals surface area contributed by atoms with E-state index < -0.39 is 5.60 Å². The summed E-state index contributed by atoms with van der Waals surface area (Å²) in [4.78, 5) is 28.2. The first-order chi connectivity index (χ1) is 28.9. The first-order valence-electron chi connectivity index (χ1n) is 19.6. The summed E-state index contributed by atoms with van der Waals surface area (Å²) in [5.41, 5.74) is 8.13. The van der Waals surface area contributed by atoms with Gasteiger partial charge in [0.2, 0.25) is 0 Å². The number of hydrogen-bond donors (Lipinski definition) is 3. The maximum Gasteiger partial charge on any atom is 0.198 e. The van der Waals surface area contributed by atoms with E-state index in [1.165, 1.54) is 0 Å². The van der Waals surface area contributed by atoms with Crippen LogP contribution in [0.4, 0.5) is 22.7 Å². The minimum Gasteiger partial charge on any atom is -0.497 e. The van der Waals surface area contributed by atoms with Gasteiger partial charge in [0, 0.05) is 29.1 Å². The van der Waals surface area contributed by atoms with Crippen molar-refractivity contribution in [3.8, 4) is 11.5 Å². The van der Waals surface area contributed by atoms with E-state index in [0.717, 1.165) is 50.7 Å². The molecular formula is C51H44N2O6. The number of benzene rings is 7. The van der Waals surface area contributed by atoms with E-state index in [1.54, 1.807) is 38.5 Å². The van der Waals surface area contributed by atoms with Gasteiger partial charge in [-0.3, -0.25) is 9.59 Å². The molecule has 0 radical (unpaired) electrons. The van der Waals surface area contributed by atoms with E-state index in [2.05, 4.69) is 22.8 Å². The van der Waals surface area contributed by atoms with Crippen LogP contribution in [0.1, 0.15) is 59.7 Å². The molecule has 0 spiro atoms. The Kier molecular flexibility index (Phi) is 11.4. The van der Waals surface area contributed by atoms with Gasteiger partial charge in [0.25, 0.3) is 0 Å². The third-order valence-corrected chi connectivity index (χ3v) is 10.8. The molecule has 1 aliphatic carbocycles. The Morgan fingerprint density at radius 1 is 0.492 bits per heavy atom. The zero-order chi connectivity index (χ0) is 40.8. The first kappa shape index (κ1) is 38.9. The number of aliphatic hydroxyl groups excluding tert-OH is 1. The molecule has 8 heteroatoms. The number of fused-ring (bicyclic) bond motifs is 2. The van der Waals surface area contributed by atoms with Gasteiger partial charge in [-0.05, 0) is 101 Å². The number of carbonyl (C=O) groups excluding carboxylic acids is 2. The molecule has 8 rings (SSSR count). The van der Waals surface area contributed by atoms with Gasteiger partial charge in [-0.15, -0.1) is 0 Å². The van der Waals surface area contributed by atoms with Crippen molar-refractivity contribution in [2.45, 2.75) is 18.4 Å². The molecule has 3 N–H and O–H groups in total. The highest BCUT2D eigenvalue weighted by Gasteiger charge is 2.38. The van der Waals surface area contributed by atoms with Crippen LogP contribution in [-0.2, 0) is 23.2 Å². The second-order valence-electron chi connectivity index (χ2n) is 14.3. The number of nitrogens with one attached hydrogen (secondary N) is 2. The monoisotopic (exact) mass is 780 g/mol. The van der Waals surface area contributed by atoms with Crippen molar-refractivity contribution >= 4 is 34.3 Å². The average molecular weight is 781 g/mol. The van der Waals surface area contributed by atoms with Crippen LogP contribution in [0, 0.1) is 0 Å². The van der Waals surface area contributed by atoms with Crippen molar-refractivity contribution in [3.05, 3.63) is 214 Å². The minimum absolute atomic E-state index is 0.0678. The molecule has 8 nitrogen and oxygen atoms in total. The second kappa shape index (κ2) is 17.2. The van der Waals surface area contributed by atoms with Crippen molar-refractivity contribution in [2.75, 3.05) is 38.1 Å². The van der Waals surface area contributed by atoms with Crippen molar-refractivity contribution in [1.29, 1.82) is 0 Å². The SMILES string of the molecule is COc1ccc(C(OCCc2ccc(Nc3cccc4c3C(=O)c3c(Nc5ccc(CCO)cc5)cccc3C4=O)cc2)(c2ccccc2)c2ccc(OC)cc2)cc1. The molecule has 0 bridgehead atoms. The minimum atomic E-state index is -0.920. The van der Waals surface area contributed by atoms with Crippen molar-refractivity contribution in [3.63, 3.8) is 0 Å². The normalized spacial score (nSPS) is 12.1. The molecular weight excluding hydrogens is 737 g/mol. The molecule has 0 aliphatic heterocycles. The molecule has 0 atom stereocenters. The molecule has 0 aromatic heterocycles. The highest BCUT2D eigenvalue weighted by Crippen LogP contribution is 2.42. The lowest BCUT2D eigenvalue weighted by Crippen LogP contribution is -2.33. The fourth-order valence-corrected chi connectivity index (χ4v) is 7.80. The molecule has 0 saturated carbocycles. The van der Waals surface area contributed by atoms with E-state index >= 15 is 0 Å². The number of rotatable bonds is 15. The van der Waals surface area contributed by atoms with Gasteiger partial charge in [-0.2, -0.15) is 0 Å². The number of carbonyl (C=O) groups is 2. The Hall–Kier alpha value is -7.00. The predicted octanol–water partition coefficient (Wildman–Crippen LogP) is 10.1. The molecule has 0 amide bonds. The van der Waals surface area contributed by atoms with Crippen molar-refractivity contribution in [1.82, 2.24) is 0 Å². The lowest BCUT2D eigenvalue weighted by molar-refractivity contribution is 0.0147. The van der Waals surface area contributed by atoms with Gasteiger partial charge >= 0.3 is 0 Å². The molecule has 0 unspecified atom stereocenters. The Morgan fingerprint density at radius 2 is 0.949 bits per heavy atom. The van der Waals surface area contributed by atoms with E-state index in [1.807, 2.05) is 127 Å². The van der Waals surface area contributed by atoms with Gasteiger partial charge in [-0.25, -0.2) is 0 Å².